The summed E-state index contributed by atoms with van der Waals surface area (Å²) in [5, 5.41) is 8.59. The molecule has 142 valence electrons. The molecule has 1 saturated heterocycles. The zero-order valence-electron chi connectivity index (χ0n) is 15.6. The quantitative estimate of drug-likeness (QED) is 0.737. The number of aryl methyl sites for hydroxylation is 2. The molecule has 0 N–H and O–H groups in total. The van der Waals surface area contributed by atoms with Crippen molar-refractivity contribution < 1.29 is 13.2 Å². The molecule has 0 radical (unpaired) electrons. The lowest BCUT2D eigenvalue weighted by atomic mass is 10.1. The van der Waals surface area contributed by atoms with Gasteiger partial charge in [0, 0.05) is 39.8 Å². The number of likely N-dealkylation sites (N-methyl/N-ethyl adjacent to an activating group) is 1. The number of carbonyl (C=O) groups is 1. The number of piperazine rings is 1. The van der Waals surface area contributed by atoms with Gasteiger partial charge in [0.1, 0.15) is 0 Å². The van der Waals surface area contributed by atoms with Crippen LogP contribution in [0.2, 0.25) is 0 Å². The highest BCUT2D eigenvalue weighted by atomic mass is 32.2. The van der Waals surface area contributed by atoms with Crippen LogP contribution in [0.4, 0.5) is 0 Å². The molecule has 7 nitrogen and oxygen atoms in total. The summed E-state index contributed by atoms with van der Waals surface area (Å²) in [5.41, 5.74) is 2.02. The second-order valence-corrected chi connectivity index (χ2v) is 8.59. The van der Waals surface area contributed by atoms with Gasteiger partial charge < -0.3 is 4.90 Å². The van der Waals surface area contributed by atoms with Crippen LogP contribution in [-0.2, 0) is 14.8 Å². The highest BCUT2D eigenvalue weighted by Crippen LogP contribution is 2.20. The maximum absolute atomic E-state index is 12.8. The average molecular weight is 378 g/mol. The Morgan fingerprint density at radius 2 is 1.85 bits per heavy atom. The molecule has 0 aromatic heterocycles. The van der Waals surface area contributed by atoms with E-state index in [1.807, 2.05) is 30.9 Å². The Hall–Kier alpha value is -1.95. The summed E-state index contributed by atoms with van der Waals surface area (Å²) >= 11 is 0. The molecule has 8 heteroatoms. The van der Waals surface area contributed by atoms with E-state index in [0.29, 0.717) is 44.0 Å². The van der Waals surface area contributed by atoms with Crippen LogP contribution >= 0.6 is 0 Å². The summed E-state index contributed by atoms with van der Waals surface area (Å²) in [5.74, 6) is -0.0503. The van der Waals surface area contributed by atoms with Crippen molar-refractivity contribution in [1.29, 1.82) is 5.26 Å². The van der Waals surface area contributed by atoms with Crippen molar-refractivity contribution in [3.8, 4) is 6.07 Å². The van der Waals surface area contributed by atoms with Crippen molar-refractivity contribution in [2.24, 2.45) is 0 Å². The van der Waals surface area contributed by atoms with Crippen molar-refractivity contribution in [3.05, 3.63) is 29.3 Å². The summed E-state index contributed by atoms with van der Waals surface area (Å²) in [7, 11) is -1.83. The molecular formula is C18H26N4O3S. The topological polar surface area (TPSA) is 84.7 Å². The third-order valence-corrected chi connectivity index (χ3v) is 6.69. The molecule has 1 amide bonds. The van der Waals surface area contributed by atoms with E-state index in [4.69, 9.17) is 5.26 Å². The van der Waals surface area contributed by atoms with Crippen LogP contribution in [0.5, 0.6) is 0 Å². The van der Waals surface area contributed by atoms with Gasteiger partial charge in [-0.1, -0.05) is 6.07 Å². The van der Waals surface area contributed by atoms with Crippen LogP contribution in [0.25, 0.3) is 0 Å². The second kappa shape index (κ2) is 8.62. The van der Waals surface area contributed by atoms with E-state index in [2.05, 4.69) is 0 Å². The van der Waals surface area contributed by atoms with E-state index >= 15 is 0 Å². The second-order valence-electron chi connectivity index (χ2n) is 6.65. The van der Waals surface area contributed by atoms with E-state index in [1.54, 1.807) is 24.1 Å². The Bertz CT molecular complexity index is 793. The van der Waals surface area contributed by atoms with E-state index in [0.717, 1.165) is 11.1 Å². The summed E-state index contributed by atoms with van der Waals surface area (Å²) in [6, 6.07) is 7.21. The smallest absolute Gasteiger partial charge is 0.243 e. The lowest BCUT2D eigenvalue weighted by Gasteiger charge is -2.34. The molecule has 1 aliphatic rings. The number of rotatable bonds is 6. The van der Waals surface area contributed by atoms with Gasteiger partial charge in [0.2, 0.25) is 15.9 Å². The van der Waals surface area contributed by atoms with Crippen LogP contribution in [0, 0.1) is 25.2 Å². The predicted molar refractivity (Wildman–Crippen MR) is 99.0 cm³/mol. The maximum atomic E-state index is 12.8. The van der Waals surface area contributed by atoms with Crippen LogP contribution in [-0.4, -0.2) is 74.7 Å². The van der Waals surface area contributed by atoms with Crippen molar-refractivity contribution in [2.45, 2.75) is 25.2 Å². The molecule has 26 heavy (non-hydrogen) atoms. The number of hydrogen-bond donors (Lipinski definition) is 0. The number of nitriles is 1. The Morgan fingerprint density at radius 3 is 2.42 bits per heavy atom. The molecule has 1 aromatic rings. The molecule has 2 rings (SSSR count). The summed E-state index contributed by atoms with van der Waals surface area (Å²) in [6.45, 7) is 6.28. The Morgan fingerprint density at radius 1 is 1.19 bits per heavy atom. The fourth-order valence-electron chi connectivity index (χ4n) is 2.81. The lowest BCUT2D eigenvalue weighted by Crippen LogP contribution is -2.51. The minimum atomic E-state index is -3.51. The lowest BCUT2D eigenvalue weighted by molar-refractivity contribution is -0.131. The van der Waals surface area contributed by atoms with E-state index < -0.39 is 10.0 Å². The SMILES string of the molecule is Cc1ccc(S(=O)(=O)N2CCN(CC(=O)N(C)CCC#N)CC2)cc1C. The maximum Gasteiger partial charge on any atom is 0.243 e. The zero-order chi connectivity index (χ0) is 19.3. The van der Waals surface area contributed by atoms with Gasteiger partial charge in [-0.05, 0) is 37.1 Å². The van der Waals surface area contributed by atoms with Gasteiger partial charge in [0.05, 0.1) is 23.9 Å². The summed E-state index contributed by atoms with van der Waals surface area (Å²) in [6.07, 6.45) is 0.310. The van der Waals surface area contributed by atoms with Crippen LogP contribution in [0.3, 0.4) is 0 Å². The fourth-order valence-corrected chi connectivity index (χ4v) is 4.31. The molecule has 1 heterocycles. The standard InChI is InChI=1S/C18H26N4O3S/c1-15-5-6-17(13-16(15)2)26(24,25)22-11-9-21(10-12-22)14-18(23)20(3)8-4-7-19/h5-6,13H,4,8-12,14H2,1-3H3. The van der Waals surface area contributed by atoms with Gasteiger partial charge in [0.25, 0.3) is 0 Å². The molecule has 1 aliphatic heterocycles. The number of sulfonamides is 1. The third-order valence-electron chi connectivity index (χ3n) is 4.79. The highest BCUT2D eigenvalue weighted by Gasteiger charge is 2.29. The predicted octanol–water partition coefficient (Wildman–Crippen LogP) is 0.982. The first-order valence-corrected chi connectivity index (χ1v) is 10.1. The molecule has 0 atom stereocenters. The van der Waals surface area contributed by atoms with Gasteiger partial charge in [-0.2, -0.15) is 9.57 Å². The van der Waals surface area contributed by atoms with Crippen molar-refractivity contribution in [1.82, 2.24) is 14.1 Å². The average Bonchev–Trinajstić information content (AvgIpc) is 2.62. The number of benzene rings is 1. The Balaban J connectivity index is 1.94. The third kappa shape index (κ3) is 4.81. The van der Waals surface area contributed by atoms with E-state index in [1.165, 1.54) is 4.31 Å². The zero-order valence-corrected chi connectivity index (χ0v) is 16.4. The summed E-state index contributed by atoms with van der Waals surface area (Å²) in [4.78, 5) is 15.9. The largest absolute Gasteiger partial charge is 0.344 e. The van der Waals surface area contributed by atoms with Crippen molar-refractivity contribution in [2.75, 3.05) is 46.3 Å². The van der Waals surface area contributed by atoms with Crippen molar-refractivity contribution in [3.63, 3.8) is 0 Å². The molecule has 0 bridgehead atoms. The van der Waals surface area contributed by atoms with Gasteiger partial charge in [-0.3, -0.25) is 9.69 Å². The minimum Gasteiger partial charge on any atom is -0.344 e. The van der Waals surface area contributed by atoms with E-state index in [9.17, 15) is 13.2 Å². The van der Waals surface area contributed by atoms with E-state index in [-0.39, 0.29) is 12.5 Å². The molecule has 0 aliphatic carbocycles. The number of nitrogens with zero attached hydrogens (tertiary/aromatic N) is 4. The molecule has 1 fully saturated rings. The first kappa shape index (κ1) is 20.4. The van der Waals surface area contributed by atoms with Gasteiger partial charge in [0.15, 0.2) is 0 Å². The van der Waals surface area contributed by atoms with Gasteiger partial charge in [-0.25, -0.2) is 8.42 Å². The van der Waals surface area contributed by atoms with Gasteiger partial charge >= 0.3 is 0 Å². The number of carbonyl (C=O) groups excluding carboxylic acids is 1. The summed E-state index contributed by atoms with van der Waals surface area (Å²) < 4.78 is 27.1. The minimum absolute atomic E-state index is 0.0503. The Kier molecular flexibility index (Phi) is 6.75. The van der Waals surface area contributed by atoms with Crippen LogP contribution in [0.1, 0.15) is 17.5 Å². The molecule has 0 saturated carbocycles. The molecule has 0 spiro atoms. The highest BCUT2D eigenvalue weighted by molar-refractivity contribution is 7.89. The number of amides is 1. The Labute approximate surface area is 155 Å². The van der Waals surface area contributed by atoms with Crippen LogP contribution < -0.4 is 0 Å². The normalized spacial score (nSPS) is 16.2. The van der Waals surface area contributed by atoms with Crippen molar-refractivity contribution >= 4 is 15.9 Å². The van der Waals surface area contributed by atoms with Crippen LogP contribution in [0.15, 0.2) is 23.1 Å². The molecular weight excluding hydrogens is 352 g/mol. The molecule has 1 aromatic carbocycles. The number of hydrogen-bond acceptors (Lipinski definition) is 5. The molecule has 0 unspecified atom stereocenters. The fraction of sp³-hybridized carbons (Fsp3) is 0.556. The first-order valence-electron chi connectivity index (χ1n) is 8.66. The monoisotopic (exact) mass is 378 g/mol. The first-order chi connectivity index (χ1) is 12.3. The van der Waals surface area contributed by atoms with Gasteiger partial charge in [-0.15, -0.1) is 0 Å².